The number of fused-ring (bicyclic) bond motifs is 1. The molecule has 10 nitrogen and oxygen atoms in total. The van der Waals surface area contributed by atoms with Crippen LogP contribution in [0.3, 0.4) is 0 Å². The van der Waals surface area contributed by atoms with Gasteiger partial charge in [0.15, 0.2) is 5.52 Å². The topological polar surface area (TPSA) is 137 Å². The molecule has 0 unspecified atom stereocenters. The Morgan fingerprint density at radius 1 is 1.04 bits per heavy atom. The van der Waals surface area contributed by atoms with Gasteiger partial charge in [-0.25, -0.2) is 4.63 Å². The fourth-order valence-corrected chi connectivity index (χ4v) is 2.14. The number of hydrogen-bond donors (Lipinski definition) is 1. The van der Waals surface area contributed by atoms with Crippen molar-refractivity contribution >= 4 is 33.8 Å². The first-order valence-electron chi connectivity index (χ1n) is 6.39. The van der Waals surface area contributed by atoms with Gasteiger partial charge in [0.1, 0.15) is 11.2 Å². The molecule has 3 aromatic rings. The molecule has 0 atom stereocenters. The monoisotopic (exact) mass is 315 g/mol. The quantitative estimate of drug-likeness (QED) is 0.572. The molecule has 0 aliphatic rings. The summed E-state index contributed by atoms with van der Waals surface area (Å²) in [6, 6.07) is 7.10. The zero-order chi connectivity index (χ0) is 16.6. The van der Waals surface area contributed by atoms with Crippen LogP contribution >= 0.6 is 0 Å². The number of nitrogens with zero attached hydrogens (tertiary/aromatic N) is 4. The van der Waals surface area contributed by atoms with Gasteiger partial charge in [-0.3, -0.25) is 20.2 Å². The number of nitrogens with one attached hydrogen (secondary N) is 1. The summed E-state index contributed by atoms with van der Waals surface area (Å²) in [4.78, 5) is 21.1. The van der Waals surface area contributed by atoms with Gasteiger partial charge < -0.3 is 5.32 Å². The minimum Gasteiger partial charge on any atom is -0.348 e. The maximum atomic E-state index is 11.2. The van der Waals surface area contributed by atoms with Crippen LogP contribution < -0.4 is 5.32 Å². The molecule has 0 fully saturated rings. The third-order valence-electron chi connectivity index (χ3n) is 3.28. The third-order valence-corrected chi connectivity index (χ3v) is 3.28. The van der Waals surface area contributed by atoms with Crippen molar-refractivity contribution < 1.29 is 14.5 Å². The van der Waals surface area contributed by atoms with E-state index in [0.29, 0.717) is 16.8 Å². The Balaban J connectivity index is 2.13. The molecule has 0 radical (unpaired) electrons. The van der Waals surface area contributed by atoms with Crippen molar-refractivity contribution in [2.45, 2.75) is 6.92 Å². The van der Waals surface area contributed by atoms with Crippen molar-refractivity contribution in [3.63, 3.8) is 0 Å². The summed E-state index contributed by atoms with van der Waals surface area (Å²) in [5, 5.41) is 32.3. The Hall–Kier alpha value is -3.56. The summed E-state index contributed by atoms with van der Waals surface area (Å²) >= 11 is 0. The normalized spacial score (nSPS) is 10.7. The minimum atomic E-state index is -0.584. The molecule has 1 heterocycles. The van der Waals surface area contributed by atoms with Crippen LogP contribution in [-0.4, -0.2) is 20.2 Å². The van der Waals surface area contributed by atoms with Crippen LogP contribution in [0.2, 0.25) is 0 Å². The van der Waals surface area contributed by atoms with Crippen LogP contribution in [0, 0.1) is 27.2 Å². The molecular formula is C13H9N5O5. The van der Waals surface area contributed by atoms with E-state index in [1.54, 1.807) is 19.1 Å². The Morgan fingerprint density at radius 3 is 2.48 bits per heavy atom. The molecule has 0 aliphatic heterocycles. The lowest BCUT2D eigenvalue weighted by Crippen LogP contribution is -1.99. The molecule has 0 bridgehead atoms. The van der Waals surface area contributed by atoms with Gasteiger partial charge in [0.2, 0.25) is 0 Å². The molecule has 3 rings (SSSR count). The van der Waals surface area contributed by atoms with Crippen molar-refractivity contribution in [2.24, 2.45) is 0 Å². The van der Waals surface area contributed by atoms with E-state index in [1.165, 1.54) is 18.2 Å². The number of anilines is 2. The lowest BCUT2D eigenvalue weighted by molar-refractivity contribution is -0.385. The van der Waals surface area contributed by atoms with Crippen molar-refractivity contribution in [2.75, 3.05) is 5.32 Å². The lowest BCUT2D eigenvalue weighted by Gasteiger charge is -2.08. The second kappa shape index (κ2) is 5.33. The number of aromatic nitrogens is 2. The van der Waals surface area contributed by atoms with Gasteiger partial charge in [-0.05, 0) is 29.4 Å². The summed E-state index contributed by atoms with van der Waals surface area (Å²) in [7, 11) is 0. The summed E-state index contributed by atoms with van der Waals surface area (Å²) in [6.45, 7) is 1.60. The van der Waals surface area contributed by atoms with Gasteiger partial charge in [-0.15, -0.1) is 0 Å². The summed E-state index contributed by atoms with van der Waals surface area (Å²) in [5.41, 5.74) is 1.03. The van der Waals surface area contributed by atoms with Gasteiger partial charge in [0.05, 0.1) is 9.85 Å². The maximum absolute atomic E-state index is 11.2. The predicted octanol–water partition coefficient (Wildman–Crippen LogP) is 3.09. The first-order chi connectivity index (χ1) is 11.0. The summed E-state index contributed by atoms with van der Waals surface area (Å²) in [5.74, 6) is 0. The van der Waals surface area contributed by atoms with E-state index < -0.39 is 9.85 Å². The molecule has 23 heavy (non-hydrogen) atoms. The highest BCUT2D eigenvalue weighted by Gasteiger charge is 2.21. The molecule has 0 amide bonds. The van der Waals surface area contributed by atoms with Crippen LogP contribution in [0.1, 0.15) is 5.56 Å². The average Bonchev–Trinajstić information content (AvgIpc) is 2.97. The number of hydrogen-bond acceptors (Lipinski definition) is 8. The highest BCUT2D eigenvalue weighted by atomic mass is 16.6. The Labute approximate surface area is 128 Å². The fraction of sp³-hybridized carbons (Fsp3) is 0.0769. The minimum absolute atomic E-state index is 0.0619. The smallest absolute Gasteiger partial charge is 0.295 e. The van der Waals surface area contributed by atoms with E-state index in [1.807, 2.05) is 0 Å². The van der Waals surface area contributed by atoms with Gasteiger partial charge in [0.25, 0.3) is 11.4 Å². The van der Waals surface area contributed by atoms with Gasteiger partial charge in [-0.1, -0.05) is 6.07 Å². The molecule has 116 valence electrons. The molecule has 2 aromatic carbocycles. The van der Waals surface area contributed by atoms with E-state index in [2.05, 4.69) is 20.3 Å². The molecule has 0 saturated carbocycles. The van der Waals surface area contributed by atoms with E-state index >= 15 is 0 Å². The highest BCUT2D eigenvalue weighted by Crippen LogP contribution is 2.34. The Bertz CT molecular complexity index is 936. The molecule has 0 aliphatic carbocycles. The zero-order valence-corrected chi connectivity index (χ0v) is 11.7. The maximum Gasteiger partial charge on any atom is 0.295 e. The van der Waals surface area contributed by atoms with E-state index in [4.69, 9.17) is 0 Å². The SMILES string of the molecule is Cc1ccc(Nc2c([N+](=O)[O-])ccc3nonc23)cc1[N+](=O)[O-]. The Morgan fingerprint density at radius 2 is 1.78 bits per heavy atom. The Kier molecular flexibility index (Phi) is 3.33. The largest absolute Gasteiger partial charge is 0.348 e. The van der Waals surface area contributed by atoms with E-state index in [0.717, 1.165) is 0 Å². The van der Waals surface area contributed by atoms with Gasteiger partial charge in [-0.2, -0.15) is 0 Å². The molecular weight excluding hydrogens is 306 g/mol. The van der Waals surface area contributed by atoms with Crippen LogP contribution in [-0.2, 0) is 0 Å². The standard InChI is InChI=1S/C13H9N5O5/c1-7-2-3-8(6-11(7)18(21)22)14-13-10(17(19)20)5-4-9-12(13)16-23-15-9/h2-6,14H,1H3. The fourth-order valence-electron chi connectivity index (χ4n) is 2.14. The molecule has 0 saturated heterocycles. The first-order valence-corrected chi connectivity index (χ1v) is 6.39. The number of nitro benzene ring substituents is 2. The predicted molar refractivity (Wildman–Crippen MR) is 79.6 cm³/mol. The van der Waals surface area contributed by atoms with E-state index in [9.17, 15) is 20.2 Å². The second-order valence-corrected chi connectivity index (χ2v) is 4.73. The number of aryl methyl sites for hydroxylation is 1. The zero-order valence-electron chi connectivity index (χ0n) is 11.7. The average molecular weight is 315 g/mol. The van der Waals surface area contributed by atoms with Crippen LogP contribution in [0.4, 0.5) is 22.7 Å². The van der Waals surface area contributed by atoms with E-state index in [-0.39, 0.29) is 22.6 Å². The number of benzene rings is 2. The van der Waals surface area contributed by atoms with Gasteiger partial charge in [0, 0.05) is 23.4 Å². The summed E-state index contributed by atoms with van der Waals surface area (Å²) in [6.07, 6.45) is 0. The van der Waals surface area contributed by atoms with Crippen molar-refractivity contribution in [3.8, 4) is 0 Å². The summed E-state index contributed by atoms with van der Waals surface area (Å²) < 4.78 is 4.59. The van der Waals surface area contributed by atoms with Crippen molar-refractivity contribution in [3.05, 3.63) is 56.1 Å². The third kappa shape index (κ3) is 2.52. The molecule has 1 aromatic heterocycles. The number of nitro groups is 2. The van der Waals surface area contributed by atoms with Crippen LogP contribution in [0.5, 0.6) is 0 Å². The molecule has 10 heteroatoms. The second-order valence-electron chi connectivity index (χ2n) is 4.73. The molecule has 0 spiro atoms. The lowest BCUT2D eigenvalue weighted by atomic mass is 10.1. The van der Waals surface area contributed by atoms with Crippen LogP contribution in [0.15, 0.2) is 35.0 Å². The first kappa shape index (κ1) is 14.4. The highest BCUT2D eigenvalue weighted by molar-refractivity contribution is 5.94. The van der Waals surface area contributed by atoms with Gasteiger partial charge >= 0.3 is 0 Å². The van der Waals surface area contributed by atoms with Crippen molar-refractivity contribution in [1.82, 2.24) is 10.3 Å². The number of rotatable bonds is 4. The van der Waals surface area contributed by atoms with Crippen molar-refractivity contribution in [1.29, 1.82) is 0 Å². The van der Waals surface area contributed by atoms with Crippen LogP contribution in [0.25, 0.3) is 11.0 Å². The molecule has 1 N–H and O–H groups in total.